The van der Waals surface area contributed by atoms with Crippen LogP contribution in [0.25, 0.3) is 10.2 Å². The molecular weight excluding hydrogens is 294 g/mol. The molecule has 0 saturated heterocycles. The number of rotatable bonds is 5. The van der Waals surface area contributed by atoms with E-state index in [4.69, 9.17) is 0 Å². The van der Waals surface area contributed by atoms with Crippen LogP contribution in [0, 0.1) is 5.92 Å². The lowest BCUT2D eigenvalue weighted by molar-refractivity contribution is 0.554. The summed E-state index contributed by atoms with van der Waals surface area (Å²) in [4.78, 5) is 5.28. The lowest BCUT2D eigenvalue weighted by atomic mass is 10.1. The minimum Gasteiger partial charge on any atom is -0.241 e. The number of para-hydroxylation sites is 1. The van der Waals surface area contributed by atoms with Gasteiger partial charge in [0.2, 0.25) is 0 Å². The lowest BCUT2D eigenvalue weighted by Crippen LogP contribution is -2.04. The minimum absolute atomic E-state index is 0.620. The molecule has 1 aromatic carbocycles. The molecule has 1 aromatic heterocycles. The zero-order valence-electron chi connectivity index (χ0n) is 10.3. The maximum absolute atomic E-state index is 4.66. The highest BCUT2D eigenvalue weighted by atomic mass is 79.9. The molecule has 92 valence electrons. The van der Waals surface area contributed by atoms with Gasteiger partial charge >= 0.3 is 0 Å². The smallest absolute Gasteiger partial charge is 0.0939 e. The first-order chi connectivity index (χ1) is 8.15. The van der Waals surface area contributed by atoms with E-state index in [0.717, 1.165) is 17.9 Å². The van der Waals surface area contributed by atoms with E-state index in [1.54, 1.807) is 0 Å². The standard InChI is InChI=1S/C14H18BrNS/c1-10(2)9-11(15)7-8-14-16-12-5-3-4-6-13(12)17-14/h3-6,10-11H,7-9H2,1-2H3. The van der Waals surface area contributed by atoms with Crippen molar-refractivity contribution in [3.05, 3.63) is 29.3 Å². The van der Waals surface area contributed by atoms with Crippen molar-refractivity contribution >= 4 is 37.5 Å². The number of nitrogens with zero attached hydrogens (tertiary/aromatic N) is 1. The molecule has 17 heavy (non-hydrogen) atoms. The molecule has 0 aliphatic carbocycles. The van der Waals surface area contributed by atoms with Crippen molar-refractivity contribution in [2.24, 2.45) is 5.92 Å². The number of thiazole rings is 1. The van der Waals surface area contributed by atoms with Crippen LogP contribution in [-0.2, 0) is 6.42 Å². The maximum atomic E-state index is 4.66. The number of aryl methyl sites for hydroxylation is 1. The molecule has 1 heterocycles. The molecule has 0 bridgehead atoms. The van der Waals surface area contributed by atoms with Gasteiger partial charge in [0.15, 0.2) is 0 Å². The summed E-state index contributed by atoms with van der Waals surface area (Å²) >= 11 is 5.58. The molecule has 0 aliphatic heterocycles. The Kier molecular flexibility index (Phi) is 4.57. The monoisotopic (exact) mass is 311 g/mol. The van der Waals surface area contributed by atoms with Gasteiger partial charge in [-0.05, 0) is 30.9 Å². The Morgan fingerprint density at radius 3 is 2.76 bits per heavy atom. The van der Waals surface area contributed by atoms with Crippen molar-refractivity contribution < 1.29 is 0 Å². The summed E-state index contributed by atoms with van der Waals surface area (Å²) in [7, 11) is 0. The van der Waals surface area contributed by atoms with Crippen LogP contribution in [0.1, 0.15) is 31.7 Å². The Bertz CT molecular complexity index is 445. The number of hydrogen-bond acceptors (Lipinski definition) is 2. The van der Waals surface area contributed by atoms with Gasteiger partial charge in [-0.25, -0.2) is 4.98 Å². The zero-order chi connectivity index (χ0) is 12.3. The second-order valence-corrected chi connectivity index (χ2v) is 7.25. The number of benzene rings is 1. The van der Waals surface area contributed by atoms with Gasteiger partial charge in [-0.2, -0.15) is 0 Å². The number of fused-ring (bicyclic) bond motifs is 1. The van der Waals surface area contributed by atoms with E-state index in [1.165, 1.54) is 22.5 Å². The van der Waals surface area contributed by atoms with Crippen LogP contribution < -0.4 is 0 Å². The summed E-state index contributed by atoms with van der Waals surface area (Å²) in [5, 5.41) is 1.26. The quantitative estimate of drug-likeness (QED) is 0.705. The van der Waals surface area contributed by atoms with Gasteiger partial charge in [-0.3, -0.25) is 0 Å². The highest BCUT2D eigenvalue weighted by Crippen LogP contribution is 2.24. The van der Waals surface area contributed by atoms with Crippen LogP contribution in [0.4, 0.5) is 0 Å². The average molecular weight is 312 g/mol. The molecule has 0 aliphatic rings. The van der Waals surface area contributed by atoms with Crippen molar-refractivity contribution in [3.8, 4) is 0 Å². The normalized spacial score (nSPS) is 13.4. The third-order valence-electron chi connectivity index (χ3n) is 2.74. The molecule has 0 saturated carbocycles. The first kappa shape index (κ1) is 13.0. The average Bonchev–Trinajstić information content (AvgIpc) is 2.68. The van der Waals surface area contributed by atoms with Crippen molar-refractivity contribution in [3.63, 3.8) is 0 Å². The Morgan fingerprint density at radius 2 is 2.06 bits per heavy atom. The van der Waals surface area contributed by atoms with E-state index in [1.807, 2.05) is 11.3 Å². The molecular formula is C14H18BrNS. The van der Waals surface area contributed by atoms with E-state index in [2.05, 4.69) is 59.0 Å². The first-order valence-electron chi connectivity index (χ1n) is 6.13. The van der Waals surface area contributed by atoms with Crippen molar-refractivity contribution in [2.45, 2.75) is 37.9 Å². The predicted molar refractivity (Wildman–Crippen MR) is 80.1 cm³/mol. The fourth-order valence-corrected chi connectivity index (χ4v) is 3.90. The van der Waals surface area contributed by atoms with Crippen LogP contribution in [0.15, 0.2) is 24.3 Å². The maximum Gasteiger partial charge on any atom is 0.0939 e. The largest absolute Gasteiger partial charge is 0.241 e. The van der Waals surface area contributed by atoms with Crippen LogP contribution in [0.3, 0.4) is 0 Å². The van der Waals surface area contributed by atoms with E-state index in [9.17, 15) is 0 Å². The third-order valence-corrected chi connectivity index (χ3v) is 4.66. The Hall–Kier alpha value is -0.410. The van der Waals surface area contributed by atoms with Gasteiger partial charge in [-0.15, -0.1) is 11.3 Å². The second kappa shape index (κ2) is 5.96. The minimum atomic E-state index is 0.620. The number of aromatic nitrogens is 1. The fourth-order valence-electron chi connectivity index (χ4n) is 1.94. The molecule has 1 nitrogen and oxygen atoms in total. The van der Waals surface area contributed by atoms with Gasteiger partial charge in [-0.1, -0.05) is 41.9 Å². The summed E-state index contributed by atoms with van der Waals surface area (Å²) in [5.41, 5.74) is 1.14. The number of hydrogen-bond donors (Lipinski definition) is 0. The summed E-state index contributed by atoms with van der Waals surface area (Å²) in [6.45, 7) is 4.54. The van der Waals surface area contributed by atoms with Crippen LogP contribution in [0.2, 0.25) is 0 Å². The first-order valence-corrected chi connectivity index (χ1v) is 7.87. The number of alkyl halides is 1. The summed E-state index contributed by atoms with van der Waals surface area (Å²) in [6, 6.07) is 8.37. The van der Waals surface area contributed by atoms with Gasteiger partial charge in [0, 0.05) is 11.2 Å². The van der Waals surface area contributed by atoms with Crippen LogP contribution in [-0.4, -0.2) is 9.81 Å². The van der Waals surface area contributed by atoms with Gasteiger partial charge in [0.25, 0.3) is 0 Å². The number of halogens is 1. The highest BCUT2D eigenvalue weighted by Gasteiger charge is 2.09. The summed E-state index contributed by atoms with van der Waals surface area (Å²) in [6.07, 6.45) is 3.50. The van der Waals surface area contributed by atoms with E-state index >= 15 is 0 Å². The van der Waals surface area contributed by atoms with Gasteiger partial charge in [0.1, 0.15) is 0 Å². The lowest BCUT2D eigenvalue weighted by Gasteiger charge is -2.10. The molecule has 0 N–H and O–H groups in total. The Morgan fingerprint density at radius 1 is 1.29 bits per heavy atom. The Labute approximate surface area is 115 Å². The zero-order valence-corrected chi connectivity index (χ0v) is 12.7. The molecule has 2 aromatic rings. The SMILES string of the molecule is CC(C)CC(Br)CCc1nc2ccccc2s1. The van der Waals surface area contributed by atoms with Crippen LogP contribution in [0.5, 0.6) is 0 Å². The van der Waals surface area contributed by atoms with Gasteiger partial charge in [0.05, 0.1) is 15.2 Å². The highest BCUT2D eigenvalue weighted by molar-refractivity contribution is 9.09. The molecule has 0 fully saturated rings. The summed E-state index contributed by atoms with van der Waals surface area (Å²) in [5.74, 6) is 0.759. The molecule has 1 atom stereocenters. The molecule has 2 rings (SSSR count). The van der Waals surface area contributed by atoms with Crippen molar-refractivity contribution in [1.82, 2.24) is 4.98 Å². The molecule has 0 radical (unpaired) electrons. The fraction of sp³-hybridized carbons (Fsp3) is 0.500. The second-order valence-electron chi connectivity index (χ2n) is 4.84. The molecule has 0 amide bonds. The molecule has 1 unspecified atom stereocenters. The Balaban J connectivity index is 1.95. The van der Waals surface area contributed by atoms with Crippen molar-refractivity contribution in [2.75, 3.05) is 0 Å². The van der Waals surface area contributed by atoms with Crippen LogP contribution >= 0.6 is 27.3 Å². The summed E-state index contributed by atoms with van der Waals surface area (Å²) < 4.78 is 1.30. The molecule has 0 spiro atoms. The van der Waals surface area contributed by atoms with E-state index < -0.39 is 0 Å². The van der Waals surface area contributed by atoms with E-state index in [0.29, 0.717) is 4.83 Å². The topological polar surface area (TPSA) is 12.9 Å². The molecule has 3 heteroatoms. The van der Waals surface area contributed by atoms with Gasteiger partial charge < -0.3 is 0 Å². The third kappa shape index (κ3) is 3.78. The van der Waals surface area contributed by atoms with Crippen molar-refractivity contribution in [1.29, 1.82) is 0 Å². The van der Waals surface area contributed by atoms with E-state index in [-0.39, 0.29) is 0 Å². The predicted octanol–water partition coefficient (Wildman–Crippen LogP) is 5.04.